The fourth-order valence-corrected chi connectivity index (χ4v) is 2.18. The van der Waals surface area contributed by atoms with Gasteiger partial charge in [0.15, 0.2) is 5.65 Å². The molecule has 18 heavy (non-hydrogen) atoms. The van der Waals surface area contributed by atoms with Gasteiger partial charge in [-0.15, -0.1) is 0 Å². The Bertz CT molecular complexity index is 614. The molecule has 0 spiro atoms. The molecule has 0 bridgehead atoms. The molecular weight excluding hydrogens is 232 g/mol. The summed E-state index contributed by atoms with van der Waals surface area (Å²) < 4.78 is 1.71. The Hall–Kier alpha value is -1.95. The number of carbonyl (C=O) groups excluding carboxylic acids is 1. The number of aromatic nitrogens is 3. The van der Waals surface area contributed by atoms with Crippen molar-refractivity contribution in [1.82, 2.24) is 19.8 Å². The normalized spacial score (nSPS) is 15.6. The standard InChI is InChI=1S/C12H14N4O2/c1-8-10-6-9(7-13-11(10)15(2)14-8)12(17)16-4-3-5-18-16/h6-7H,3-5H2,1-2H3. The molecule has 2 aromatic heterocycles. The van der Waals surface area contributed by atoms with E-state index in [0.717, 1.165) is 23.1 Å². The van der Waals surface area contributed by atoms with Crippen LogP contribution in [0.1, 0.15) is 22.5 Å². The molecule has 0 unspecified atom stereocenters. The average molecular weight is 246 g/mol. The third-order valence-corrected chi connectivity index (χ3v) is 3.09. The van der Waals surface area contributed by atoms with Gasteiger partial charge in [-0.2, -0.15) is 5.10 Å². The van der Waals surface area contributed by atoms with Crippen LogP contribution >= 0.6 is 0 Å². The van der Waals surface area contributed by atoms with Crippen molar-refractivity contribution >= 4 is 16.9 Å². The summed E-state index contributed by atoms with van der Waals surface area (Å²) in [6, 6.07) is 1.83. The highest BCUT2D eigenvalue weighted by atomic mass is 16.7. The fourth-order valence-electron chi connectivity index (χ4n) is 2.18. The Kier molecular flexibility index (Phi) is 2.52. The molecule has 3 heterocycles. The lowest BCUT2D eigenvalue weighted by Gasteiger charge is -2.13. The van der Waals surface area contributed by atoms with E-state index in [1.807, 2.05) is 20.0 Å². The van der Waals surface area contributed by atoms with Crippen LogP contribution in [0.25, 0.3) is 11.0 Å². The smallest absolute Gasteiger partial charge is 0.271 e. The number of pyridine rings is 1. The predicted molar refractivity (Wildman–Crippen MR) is 64.9 cm³/mol. The molecule has 94 valence electrons. The van der Waals surface area contributed by atoms with E-state index >= 15 is 0 Å². The van der Waals surface area contributed by atoms with E-state index in [1.54, 1.807) is 10.9 Å². The number of hydroxylamine groups is 2. The first-order valence-corrected chi connectivity index (χ1v) is 5.91. The van der Waals surface area contributed by atoms with Gasteiger partial charge < -0.3 is 0 Å². The Morgan fingerprint density at radius 3 is 3.06 bits per heavy atom. The van der Waals surface area contributed by atoms with Crippen molar-refractivity contribution in [3.63, 3.8) is 0 Å². The second kappa shape index (κ2) is 4.06. The Morgan fingerprint density at radius 2 is 2.33 bits per heavy atom. The summed E-state index contributed by atoms with van der Waals surface area (Å²) >= 11 is 0. The van der Waals surface area contributed by atoms with Gasteiger partial charge >= 0.3 is 0 Å². The monoisotopic (exact) mass is 246 g/mol. The first-order chi connectivity index (χ1) is 8.66. The molecule has 1 aliphatic rings. The summed E-state index contributed by atoms with van der Waals surface area (Å²) in [5.74, 6) is -0.134. The van der Waals surface area contributed by atoms with Crippen LogP contribution < -0.4 is 0 Å². The van der Waals surface area contributed by atoms with Gasteiger partial charge in [-0.1, -0.05) is 0 Å². The number of hydrogen-bond acceptors (Lipinski definition) is 4. The Morgan fingerprint density at radius 1 is 1.50 bits per heavy atom. The highest BCUT2D eigenvalue weighted by Crippen LogP contribution is 2.18. The number of carbonyl (C=O) groups is 1. The summed E-state index contributed by atoms with van der Waals surface area (Å²) in [5, 5.41) is 6.59. The van der Waals surface area contributed by atoms with Crippen molar-refractivity contribution in [2.45, 2.75) is 13.3 Å². The van der Waals surface area contributed by atoms with Gasteiger partial charge in [0.25, 0.3) is 5.91 Å². The van der Waals surface area contributed by atoms with Crippen molar-refractivity contribution in [2.24, 2.45) is 7.05 Å². The second-order valence-corrected chi connectivity index (χ2v) is 4.40. The zero-order valence-corrected chi connectivity index (χ0v) is 10.4. The van der Waals surface area contributed by atoms with Crippen LogP contribution in [-0.4, -0.2) is 38.9 Å². The number of rotatable bonds is 1. The summed E-state index contributed by atoms with van der Waals surface area (Å²) in [5.41, 5.74) is 2.20. The molecule has 2 aromatic rings. The van der Waals surface area contributed by atoms with Crippen LogP contribution in [0.4, 0.5) is 0 Å². The number of nitrogens with zero attached hydrogens (tertiary/aromatic N) is 4. The Balaban J connectivity index is 2.02. The van der Waals surface area contributed by atoms with E-state index < -0.39 is 0 Å². The molecule has 1 saturated heterocycles. The minimum absolute atomic E-state index is 0.134. The van der Waals surface area contributed by atoms with Crippen LogP contribution in [0.5, 0.6) is 0 Å². The maximum atomic E-state index is 12.1. The van der Waals surface area contributed by atoms with Crippen LogP contribution in [0.3, 0.4) is 0 Å². The molecule has 0 saturated carbocycles. The minimum atomic E-state index is -0.134. The van der Waals surface area contributed by atoms with E-state index in [2.05, 4.69) is 10.1 Å². The molecule has 0 radical (unpaired) electrons. The molecule has 3 rings (SSSR count). The van der Waals surface area contributed by atoms with Crippen molar-refractivity contribution in [3.8, 4) is 0 Å². The third-order valence-electron chi connectivity index (χ3n) is 3.09. The van der Waals surface area contributed by atoms with Crippen molar-refractivity contribution in [2.75, 3.05) is 13.2 Å². The topological polar surface area (TPSA) is 60.2 Å². The summed E-state index contributed by atoms with van der Waals surface area (Å²) in [4.78, 5) is 21.7. The maximum Gasteiger partial charge on any atom is 0.279 e. The molecule has 0 atom stereocenters. The van der Waals surface area contributed by atoms with E-state index in [4.69, 9.17) is 4.84 Å². The van der Waals surface area contributed by atoms with Gasteiger partial charge in [-0.3, -0.25) is 14.3 Å². The molecule has 6 nitrogen and oxygen atoms in total. The highest BCUT2D eigenvalue weighted by molar-refractivity contribution is 5.96. The lowest BCUT2D eigenvalue weighted by atomic mass is 10.2. The van der Waals surface area contributed by atoms with Gasteiger partial charge in [0.2, 0.25) is 0 Å². The maximum absolute atomic E-state index is 12.1. The molecule has 1 amide bonds. The number of amides is 1. The SMILES string of the molecule is Cc1nn(C)c2ncc(C(=O)N3CCCO3)cc12. The van der Waals surface area contributed by atoms with Crippen LogP contribution in [0.15, 0.2) is 12.3 Å². The van der Waals surface area contributed by atoms with Gasteiger partial charge in [0.05, 0.1) is 24.4 Å². The van der Waals surface area contributed by atoms with Crippen LogP contribution in [-0.2, 0) is 11.9 Å². The molecule has 6 heteroatoms. The van der Waals surface area contributed by atoms with Crippen molar-refractivity contribution < 1.29 is 9.63 Å². The fraction of sp³-hybridized carbons (Fsp3) is 0.417. The lowest BCUT2D eigenvalue weighted by Crippen LogP contribution is -2.26. The predicted octanol–water partition coefficient (Wildman–Crippen LogP) is 1.05. The van der Waals surface area contributed by atoms with Crippen molar-refractivity contribution in [1.29, 1.82) is 0 Å². The zero-order chi connectivity index (χ0) is 12.7. The van der Waals surface area contributed by atoms with Gasteiger partial charge in [0, 0.05) is 18.6 Å². The first-order valence-electron chi connectivity index (χ1n) is 5.91. The van der Waals surface area contributed by atoms with E-state index in [9.17, 15) is 4.79 Å². The molecule has 1 aliphatic heterocycles. The van der Waals surface area contributed by atoms with Crippen LogP contribution in [0.2, 0.25) is 0 Å². The molecule has 0 N–H and O–H groups in total. The first kappa shape index (κ1) is 11.2. The largest absolute Gasteiger partial charge is 0.279 e. The number of fused-ring (bicyclic) bond motifs is 1. The molecular formula is C12H14N4O2. The minimum Gasteiger partial charge on any atom is -0.271 e. The Labute approximate surface area is 104 Å². The quantitative estimate of drug-likeness (QED) is 0.754. The summed E-state index contributed by atoms with van der Waals surface area (Å²) in [6.45, 7) is 3.15. The summed E-state index contributed by atoms with van der Waals surface area (Å²) in [6.07, 6.45) is 2.46. The van der Waals surface area contributed by atoms with E-state index in [-0.39, 0.29) is 5.91 Å². The average Bonchev–Trinajstić information content (AvgIpc) is 2.98. The second-order valence-electron chi connectivity index (χ2n) is 4.40. The van der Waals surface area contributed by atoms with E-state index in [0.29, 0.717) is 18.7 Å². The van der Waals surface area contributed by atoms with Crippen molar-refractivity contribution in [3.05, 3.63) is 23.5 Å². The van der Waals surface area contributed by atoms with Gasteiger partial charge in [-0.05, 0) is 19.4 Å². The zero-order valence-electron chi connectivity index (χ0n) is 10.4. The molecule has 1 fully saturated rings. The number of hydrogen-bond donors (Lipinski definition) is 0. The molecule has 0 aromatic carbocycles. The van der Waals surface area contributed by atoms with Gasteiger partial charge in [0.1, 0.15) is 0 Å². The lowest BCUT2D eigenvalue weighted by molar-refractivity contribution is -0.0768. The van der Waals surface area contributed by atoms with Crippen LogP contribution in [0, 0.1) is 6.92 Å². The highest BCUT2D eigenvalue weighted by Gasteiger charge is 2.22. The van der Waals surface area contributed by atoms with Gasteiger partial charge in [-0.25, -0.2) is 10.0 Å². The third kappa shape index (κ3) is 1.65. The summed E-state index contributed by atoms with van der Waals surface area (Å²) in [7, 11) is 1.84. The number of aryl methyl sites for hydroxylation is 2. The van der Waals surface area contributed by atoms with E-state index in [1.165, 1.54) is 5.06 Å². The molecule has 0 aliphatic carbocycles.